The highest BCUT2D eigenvalue weighted by Gasteiger charge is 2.12. The Kier molecular flexibility index (Phi) is 6.97. The number of ether oxygens (including phenoxy) is 1. The Balaban J connectivity index is 2.60. The SMILES string of the molecule is CNC(=O)c1ccccc1NC(=S)NC(=O)CCC(=O)OC. The summed E-state index contributed by atoms with van der Waals surface area (Å²) in [5.74, 6) is -1.16. The van der Waals surface area contributed by atoms with Crippen LogP contribution in [0.25, 0.3) is 0 Å². The van der Waals surface area contributed by atoms with Gasteiger partial charge in [-0.1, -0.05) is 12.1 Å². The number of hydrogen-bond donors (Lipinski definition) is 3. The molecule has 0 aliphatic carbocycles. The van der Waals surface area contributed by atoms with E-state index in [0.29, 0.717) is 11.3 Å². The van der Waals surface area contributed by atoms with Gasteiger partial charge >= 0.3 is 5.97 Å². The summed E-state index contributed by atoms with van der Waals surface area (Å²) in [5, 5.41) is 7.78. The second-order valence-electron chi connectivity index (χ2n) is 4.20. The summed E-state index contributed by atoms with van der Waals surface area (Å²) in [4.78, 5) is 34.3. The minimum absolute atomic E-state index is 0.0280. The highest BCUT2D eigenvalue weighted by Crippen LogP contribution is 2.14. The molecule has 118 valence electrons. The van der Waals surface area contributed by atoms with Gasteiger partial charge in [0.05, 0.1) is 24.8 Å². The average molecular weight is 323 g/mol. The predicted molar refractivity (Wildman–Crippen MR) is 85.4 cm³/mol. The summed E-state index contributed by atoms with van der Waals surface area (Å²) in [6, 6.07) is 6.74. The van der Waals surface area contributed by atoms with E-state index in [1.54, 1.807) is 24.3 Å². The van der Waals surface area contributed by atoms with Crippen LogP contribution in [0.5, 0.6) is 0 Å². The molecule has 0 heterocycles. The molecule has 2 amide bonds. The Labute approximate surface area is 133 Å². The molecule has 1 aromatic rings. The molecule has 0 bridgehead atoms. The number of carbonyl (C=O) groups is 3. The molecule has 0 unspecified atom stereocenters. The van der Waals surface area contributed by atoms with Crippen molar-refractivity contribution in [2.24, 2.45) is 0 Å². The van der Waals surface area contributed by atoms with Crippen molar-refractivity contribution in [1.82, 2.24) is 10.6 Å². The van der Waals surface area contributed by atoms with Crippen LogP contribution in [-0.4, -0.2) is 37.1 Å². The van der Waals surface area contributed by atoms with Crippen LogP contribution in [-0.2, 0) is 14.3 Å². The van der Waals surface area contributed by atoms with E-state index < -0.39 is 11.9 Å². The van der Waals surface area contributed by atoms with Crippen LogP contribution in [0.4, 0.5) is 5.69 Å². The van der Waals surface area contributed by atoms with Crippen LogP contribution < -0.4 is 16.0 Å². The molecule has 7 nitrogen and oxygen atoms in total. The summed E-state index contributed by atoms with van der Waals surface area (Å²) in [5.41, 5.74) is 0.872. The van der Waals surface area contributed by atoms with Gasteiger partial charge in [0, 0.05) is 13.5 Å². The second kappa shape index (κ2) is 8.73. The van der Waals surface area contributed by atoms with Gasteiger partial charge in [-0.15, -0.1) is 0 Å². The molecule has 0 saturated carbocycles. The maximum Gasteiger partial charge on any atom is 0.306 e. The van der Waals surface area contributed by atoms with Crippen LogP contribution in [0, 0.1) is 0 Å². The Morgan fingerprint density at radius 3 is 2.50 bits per heavy atom. The van der Waals surface area contributed by atoms with Gasteiger partial charge in [-0.3, -0.25) is 14.4 Å². The van der Waals surface area contributed by atoms with Gasteiger partial charge in [0.25, 0.3) is 5.91 Å². The first-order valence-electron chi connectivity index (χ1n) is 6.46. The molecule has 0 spiro atoms. The number of nitrogens with one attached hydrogen (secondary N) is 3. The van der Waals surface area contributed by atoms with Gasteiger partial charge in [-0.2, -0.15) is 0 Å². The van der Waals surface area contributed by atoms with Gasteiger partial charge in [0.2, 0.25) is 5.91 Å². The first-order valence-corrected chi connectivity index (χ1v) is 6.87. The number of esters is 1. The molecule has 8 heteroatoms. The Morgan fingerprint density at radius 1 is 1.18 bits per heavy atom. The zero-order valence-corrected chi connectivity index (χ0v) is 13.1. The van der Waals surface area contributed by atoms with E-state index >= 15 is 0 Å². The van der Waals surface area contributed by atoms with Crippen molar-refractivity contribution in [3.05, 3.63) is 29.8 Å². The zero-order chi connectivity index (χ0) is 16.5. The van der Waals surface area contributed by atoms with Gasteiger partial charge in [0.15, 0.2) is 5.11 Å². The molecular formula is C14H17N3O4S. The fourth-order valence-electron chi connectivity index (χ4n) is 1.59. The number of methoxy groups -OCH3 is 1. The summed E-state index contributed by atoms with van der Waals surface area (Å²) >= 11 is 5.01. The van der Waals surface area contributed by atoms with Crippen molar-refractivity contribution in [2.75, 3.05) is 19.5 Å². The van der Waals surface area contributed by atoms with E-state index in [0.717, 1.165) is 0 Å². The number of para-hydroxylation sites is 1. The van der Waals surface area contributed by atoms with Crippen molar-refractivity contribution < 1.29 is 19.1 Å². The fraction of sp³-hybridized carbons (Fsp3) is 0.286. The maximum atomic E-state index is 11.7. The van der Waals surface area contributed by atoms with Crippen LogP contribution in [0.3, 0.4) is 0 Å². The van der Waals surface area contributed by atoms with Gasteiger partial charge in [-0.05, 0) is 24.4 Å². The number of amides is 2. The smallest absolute Gasteiger partial charge is 0.306 e. The minimum atomic E-state index is -0.473. The molecule has 0 saturated heterocycles. The largest absolute Gasteiger partial charge is 0.469 e. The molecule has 0 atom stereocenters. The van der Waals surface area contributed by atoms with E-state index in [2.05, 4.69) is 20.7 Å². The number of thiocarbonyl (C=S) groups is 1. The first-order chi connectivity index (χ1) is 10.5. The molecule has 3 N–H and O–H groups in total. The van der Waals surface area contributed by atoms with E-state index in [1.165, 1.54) is 14.2 Å². The van der Waals surface area contributed by atoms with Crippen molar-refractivity contribution in [3.8, 4) is 0 Å². The lowest BCUT2D eigenvalue weighted by Gasteiger charge is -2.12. The second-order valence-corrected chi connectivity index (χ2v) is 4.61. The molecule has 0 radical (unpaired) electrons. The lowest BCUT2D eigenvalue weighted by atomic mass is 10.1. The highest BCUT2D eigenvalue weighted by molar-refractivity contribution is 7.80. The van der Waals surface area contributed by atoms with Crippen LogP contribution >= 0.6 is 12.2 Å². The summed E-state index contributed by atoms with van der Waals surface area (Å²) in [7, 11) is 2.77. The summed E-state index contributed by atoms with van der Waals surface area (Å²) in [6.45, 7) is 0. The zero-order valence-electron chi connectivity index (χ0n) is 12.3. The Bertz CT molecular complexity index is 589. The number of carbonyl (C=O) groups excluding carboxylic acids is 3. The van der Waals surface area contributed by atoms with E-state index in [9.17, 15) is 14.4 Å². The molecule has 0 fully saturated rings. The molecule has 0 aliphatic rings. The highest BCUT2D eigenvalue weighted by atomic mass is 32.1. The number of benzene rings is 1. The van der Waals surface area contributed by atoms with E-state index in [4.69, 9.17) is 12.2 Å². The van der Waals surface area contributed by atoms with Crippen molar-refractivity contribution in [1.29, 1.82) is 0 Å². The predicted octanol–water partition coefficient (Wildman–Crippen LogP) is 0.812. The standard InChI is InChI=1S/C14H17N3O4S/c1-15-13(20)9-5-3-4-6-10(9)16-14(22)17-11(18)7-8-12(19)21-2/h3-6H,7-8H2,1-2H3,(H,15,20)(H2,16,17,18,22). The topological polar surface area (TPSA) is 96.5 Å². The summed E-state index contributed by atoms with van der Waals surface area (Å²) < 4.78 is 4.44. The number of hydrogen-bond acceptors (Lipinski definition) is 5. The third-order valence-electron chi connectivity index (χ3n) is 2.68. The molecule has 0 aromatic heterocycles. The van der Waals surface area contributed by atoms with Gasteiger partial charge in [-0.25, -0.2) is 0 Å². The van der Waals surface area contributed by atoms with Gasteiger partial charge < -0.3 is 20.7 Å². The minimum Gasteiger partial charge on any atom is -0.469 e. The number of anilines is 1. The van der Waals surface area contributed by atoms with Gasteiger partial charge in [0.1, 0.15) is 0 Å². The molecular weight excluding hydrogens is 306 g/mol. The molecule has 22 heavy (non-hydrogen) atoms. The fourth-order valence-corrected chi connectivity index (χ4v) is 1.81. The van der Waals surface area contributed by atoms with Crippen LogP contribution in [0.1, 0.15) is 23.2 Å². The van der Waals surface area contributed by atoms with E-state index in [1.807, 2.05) is 0 Å². The lowest BCUT2D eigenvalue weighted by Crippen LogP contribution is -2.35. The third kappa shape index (κ3) is 5.49. The number of rotatable bonds is 5. The van der Waals surface area contributed by atoms with Crippen molar-refractivity contribution >= 4 is 40.8 Å². The Hall–Kier alpha value is -2.48. The van der Waals surface area contributed by atoms with Crippen molar-refractivity contribution in [2.45, 2.75) is 12.8 Å². The van der Waals surface area contributed by atoms with Crippen LogP contribution in [0.2, 0.25) is 0 Å². The van der Waals surface area contributed by atoms with E-state index in [-0.39, 0.29) is 23.9 Å². The first kappa shape index (κ1) is 17.6. The monoisotopic (exact) mass is 323 g/mol. The summed E-state index contributed by atoms with van der Waals surface area (Å²) in [6.07, 6.45) is -0.0641. The Morgan fingerprint density at radius 2 is 1.86 bits per heavy atom. The van der Waals surface area contributed by atoms with Crippen molar-refractivity contribution in [3.63, 3.8) is 0 Å². The third-order valence-corrected chi connectivity index (χ3v) is 2.89. The molecule has 1 rings (SSSR count). The lowest BCUT2D eigenvalue weighted by molar-refractivity contribution is -0.142. The normalized spacial score (nSPS) is 9.55. The quantitative estimate of drug-likeness (QED) is 0.548. The molecule has 1 aromatic carbocycles. The average Bonchev–Trinajstić information content (AvgIpc) is 2.52. The van der Waals surface area contributed by atoms with Crippen LogP contribution in [0.15, 0.2) is 24.3 Å². The molecule has 0 aliphatic heterocycles. The maximum absolute atomic E-state index is 11.7.